The smallest absolute Gasteiger partial charge is 0.231 e. The minimum Gasteiger partial charge on any atom is -0.454 e. The maximum atomic E-state index is 8.91. The lowest BCUT2D eigenvalue weighted by Gasteiger charge is -2.08. The molecule has 0 saturated carbocycles. The Morgan fingerprint density at radius 2 is 2.24 bits per heavy atom. The molecule has 1 aliphatic heterocycles. The fourth-order valence-corrected chi connectivity index (χ4v) is 2.69. The maximum absolute atomic E-state index is 8.91. The number of aromatic nitrogens is 1. The lowest BCUT2D eigenvalue weighted by atomic mass is 10.2. The quantitative estimate of drug-likeness (QED) is 0.897. The van der Waals surface area contributed by atoms with Gasteiger partial charge in [0.1, 0.15) is 11.9 Å². The molecule has 0 amide bonds. The van der Waals surface area contributed by atoms with Crippen LogP contribution in [0.4, 0.5) is 5.82 Å². The van der Waals surface area contributed by atoms with Crippen LogP contribution in [0.5, 0.6) is 11.5 Å². The van der Waals surface area contributed by atoms with E-state index in [-0.39, 0.29) is 12.5 Å². The van der Waals surface area contributed by atoms with Crippen molar-refractivity contribution in [2.45, 2.75) is 6.54 Å². The number of nitrogens with one attached hydrogen (secondary N) is 1. The van der Waals surface area contributed by atoms with Crippen molar-refractivity contribution in [2.75, 3.05) is 12.1 Å². The third-order valence-electron chi connectivity index (χ3n) is 2.91. The fraction of sp³-hybridized carbons (Fsp3) is 0.143. The molecule has 2 heterocycles. The van der Waals surface area contributed by atoms with Crippen LogP contribution in [0.1, 0.15) is 11.3 Å². The first-order chi connectivity index (χ1) is 10.2. The summed E-state index contributed by atoms with van der Waals surface area (Å²) in [6.45, 7) is 0.768. The third kappa shape index (κ3) is 2.89. The van der Waals surface area contributed by atoms with Gasteiger partial charge < -0.3 is 14.8 Å². The molecule has 21 heavy (non-hydrogen) atoms. The van der Waals surface area contributed by atoms with E-state index in [0.717, 1.165) is 15.8 Å². The number of nitriles is 1. The van der Waals surface area contributed by atoms with E-state index in [4.69, 9.17) is 26.3 Å². The first kappa shape index (κ1) is 14.0. The molecule has 0 unspecified atom stereocenters. The van der Waals surface area contributed by atoms with Gasteiger partial charge in [0.2, 0.25) is 6.79 Å². The van der Waals surface area contributed by atoms with Gasteiger partial charge in [-0.2, -0.15) is 5.26 Å². The first-order valence-electron chi connectivity index (χ1n) is 6.06. The Balaban J connectivity index is 1.77. The Morgan fingerprint density at radius 3 is 3.05 bits per heavy atom. The summed E-state index contributed by atoms with van der Waals surface area (Å²) >= 11 is 9.30. The highest BCUT2D eigenvalue weighted by Gasteiger charge is 2.17. The van der Waals surface area contributed by atoms with Crippen molar-refractivity contribution in [3.05, 3.63) is 45.0 Å². The number of fused-ring (bicyclic) bond motifs is 1. The Labute approximate surface area is 134 Å². The lowest BCUT2D eigenvalue weighted by molar-refractivity contribution is 0.173. The first-order valence-corrected chi connectivity index (χ1v) is 7.23. The van der Waals surface area contributed by atoms with Gasteiger partial charge in [-0.25, -0.2) is 4.98 Å². The summed E-state index contributed by atoms with van der Waals surface area (Å²) < 4.78 is 11.5. The van der Waals surface area contributed by atoms with Crippen molar-refractivity contribution in [1.82, 2.24) is 4.98 Å². The minimum atomic E-state index is 0.202. The van der Waals surface area contributed by atoms with Gasteiger partial charge >= 0.3 is 0 Å². The van der Waals surface area contributed by atoms with Gasteiger partial charge in [-0.3, -0.25) is 0 Å². The predicted octanol–water partition coefficient (Wildman–Crippen LogP) is 3.71. The Hall–Kier alpha value is -1.97. The van der Waals surface area contributed by atoms with E-state index in [0.29, 0.717) is 23.1 Å². The van der Waals surface area contributed by atoms with Crippen LogP contribution < -0.4 is 14.8 Å². The van der Waals surface area contributed by atoms with Crippen LogP contribution in [0, 0.1) is 11.3 Å². The van der Waals surface area contributed by atoms with Crippen LogP contribution in [0.15, 0.2) is 28.7 Å². The monoisotopic (exact) mass is 365 g/mol. The van der Waals surface area contributed by atoms with Crippen molar-refractivity contribution in [2.24, 2.45) is 0 Å². The molecule has 0 bridgehead atoms. The molecule has 5 nitrogen and oxygen atoms in total. The van der Waals surface area contributed by atoms with Crippen LogP contribution in [0.2, 0.25) is 5.02 Å². The zero-order valence-electron chi connectivity index (χ0n) is 10.7. The summed E-state index contributed by atoms with van der Waals surface area (Å²) in [5.74, 6) is 2.02. The van der Waals surface area contributed by atoms with Gasteiger partial charge in [-0.1, -0.05) is 11.6 Å². The summed E-state index contributed by atoms with van der Waals surface area (Å²) in [5, 5.41) is 12.4. The molecule has 106 valence electrons. The number of halogens is 2. The highest BCUT2D eigenvalue weighted by atomic mass is 79.9. The molecule has 0 fully saturated rings. The van der Waals surface area contributed by atoms with Crippen LogP contribution in [-0.2, 0) is 6.54 Å². The van der Waals surface area contributed by atoms with Crippen LogP contribution in [0.3, 0.4) is 0 Å². The molecular formula is C14H9BrClN3O2. The highest BCUT2D eigenvalue weighted by Crippen LogP contribution is 2.40. The van der Waals surface area contributed by atoms with Gasteiger partial charge in [-0.15, -0.1) is 0 Å². The second-order valence-corrected chi connectivity index (χ2v) is 5.57. The largest absolute Gasteiger partial charge is 0.454 e. The summed E-state index contributed by atoms with van der Waals surface area (Å²) in [6.07, 6.45) is 0. The van der Waals surface area contributed by atoms with Crippen LogP contribution >= 0.6 is 27.5 Å². The van der Waals surface area contributed by atoms with Gasteiger partial charge in [0.25, 0.3) is 0 Å². The normalized spacial score (nSPS) is 12.0. The fourth-order valence-electron chi connectivity index (χ4n) is 1.93. The predicted molar refractivity (Wildman–Crippen MR) is 81.6 cm³/mol. The van der Waals surface area contributed by atoms with E-state index in [1.54, 1.807) is 12.1 Å². The number of hydrogen-bond acceptors (Lipinski definition) is 5. The number of benzene rings is 1. The second-order valence-electron chi connectivity index (χ2n) is 4.30. The number of pyridine rings is 1. The Bertz CT molecular complexity index is 746. The summed E-state index contributed by atoms with van der Waals surface area (Å²) in [5.41, 5.74) is 1.20. The third-order valence-corrected chi connectivity index (χ3v) is 3.81. The maximum Gasteiger partial charge on any atom is 0.231 e. The van der Waals surface area contributed by atoms with Gasteiger partial charge in [-0.05, 0) is 45.8 Å². The van der Waals surface area contributed by atoms with Crippen LogP contribution in [0.25, 0.3) is 0 Å². The molecule has 1 aliphatic rings. The number of anilines is 1. The molecule has 0 radical (unpaired) electrons. The van der Waals surface area contributed by atoms with Crippen molar-refractivity contribution in [1.29, 1.82) is 5.26 Å². The SMILES string of the molecule is N#Cc1nc(NCc2cc(Br)c3c(c2)OCO3)ccc1Cl. The zero-order valence-corrected chi connectivity index (χ0v) is 13.0. The summed E-state index contributed by atoms with van der Waals surface area (Å²) in [4.78, 5) is 4.13. The van der Waals surface area contributed by atoms with E-state index in [2.05, 4.69) is 26.2 Å². The van der Waals surface area contributed by atoms with E-state index < -0.39 is 0 Å². The Morgan fingerprint density at radius 1 is 1.38 bits per heavy atom. The van der Waals surface area contributed by atoms with Crippen molar-refractivity contribution < 1.29 is 9.47 Å². The molecule has 0 saturated heterocycles. The number of hydrogen-bond donors (Lipinski definition) is 1. The minimum absolute atomic E-state index is 0.202. The van der Waals surface area contributed by atoms with E-state index >= 15 is 0 Å². The van der Waals surface area contributed by atoms with Gasteiger partial charge in [0.15, 0.2) is 17.2 Å². The van der Waals surface area contributed by atoms with E-state index in [9.17, 15) is 0 Å². The van der Waals surface area contributed by atoms with Gasteiger partial charge in [0, 0.05) is 6.54 Å². The molecule has 0 spiro atoms. The standard InChI is InChI=1S/C14H9BrClN3O2/c15-9-3-8(4-12-14(9)21-7-20-12)6-18-13-2-1-10(16)11(5-17)19-13/h1-4H,6-7H2,(H,18,19). The van der Waals surface area contributed by atoms with Crippen molar-refractivity contribution >= 4 is 33.3 Å². The molecule has 0 atom stereocenters. The Kier molecular flexibility index (Phi) is 3.86. The molecule has 1 N–H and O–H groups in total. The summed E-state index contributed by atoms with van der Waals surface area (Å²) in [7, 11) is 0. The topological polar surface area (TPSA) is 67.2 Å². The van der Waals surface area contributed by atoms with Crippen molar-refractivity contribution in [3.63, 3.8) is 0 Å². The van der Waals surface area contributed by atoms with Crippen LogP contribution in [-0.4, -0.2) is 11.8 Å². The number of nitrogens with zero attached hydrogens (tertiary/aromatic N) is 2. The van der Waals surface area contributed by atoms with Crippen molar-refractivity contribution in [3.8, 4) is 17.6 Å². The average molecular weight is 367 g/mol. The second kappa shape index (κ2) is 5.80. The molecule has 7 heteroatoms. The molecule has 1 aromatic carbocycles. The molecule has 2 aromatic rings. The van der Waals surface area contributed by atoms with E-state index in [1.165, 1.54) is 0 Å². The number of ether oxygens (including phenoxy) is 2. The molecule has 1 aromatic heterocycles. The van der Waals surface area contributed by atoms with Gasteiger partial charge in [0.05, 0.1) is 9.50 Å². The number of rotatable bonds is 3. The summed E-state index contributed by atoms with van der Waals surface area (Å²) in [6, 6.07) is 9.17. The van der Waals surface area contributed by atoms with E-state index in [1.807, 2.05) is 18.2 Å². The molecule has 0 aliphatic carbocycles. The average Bonchev–Trinajstić information content (AvgIpc) is 2.95. The zero-order chi connectivity index (χ0) is 14.8. The molecule has 3 rings (SSSR count). The molecular weight excluding hydrogens is 358 g/mol. The highest BCUT2D eigenvalue weighted by molar-refractivity contribution is 9.10. The lowest BCUT2D eigenvalue weighted by Crippen LogP contribution is -2.02.